The third-order valence-electron chi connectivity index (χ3n) is 3.72. The molecule has 0 aliphatic heterocycles. The molecule has 0 saturated carbocycles. The molecule has 0 aliphatic rings. The Morgan fingerprint density at radius 1 is 1.35 bits per heavy atom. The molecule has 0 aliphatic carbocycles. The van der Waals surface area contributed by atoms with Crippen molar-refractivity contribution in [1.82, 2.24) is 4.98 Å². The first-order valence-electron chi connectivity index (χ1n) is 7.94. The molecule has 2 aromatic rings. The maximum absolute atomic E-state index is 12.9. The quantitative estimate of drug-likeness (QED) is 0.781. The maximum Gasteiger partial charge on any atom is 0.277 e. The lowest BCUT2D eigenvalue weighted by molar-refractivity contribution is 0.0760. The fraction of sp³-hybridized carbons (Fsp3) is 0.444. The van der Waals surface area contributed by atoms with Gasteiger partial charge in [0.25, 0.3) is 5.91 Å². The summed E-state index contributed by atoms with van der Waals surface area (Å²) in [6, 6.07) is 6.15. The van der Waals surface area contributed by atoms with E-state index >= 15 is 0 Å². The highest BCUT2D eigenvalue weighted by molar-refractivity contribution is 7.09. The van der Waals surface area contributed by atoms with E-state index in [4.69, 9.17) is 4.74 Å². The lowest BCUT2D eigenvalue weighted by atomic mass is 10.1. The predicted octanol–water partition coefficient (Wildman–Crippen LogP) is 4.52. The Kier molecular flexibility index (Phi) is 5.91. The molecule has 1 heterocycles. The Morgan fingerprint density at radius 2 is 2.09 bits per heavy atom. The van der Waals surface area contributed by atoms with Crippen LogP contribution in [-0.4, -0.2) is 24.0 Å². The van der Waals surface area contributed by atoms with Crippen LogP contribution in [0.25, 0.3) is 0 Å². The zero-order chi connectivity index (χ0) is 17.0. The second-order valence-electron chi connectivity index (χ2n) is 5.51. The van der Waals surface area contributed by atoms with Crippen LogP contribution in [0, 0.1) is 13.8 Å². The van der Waals surface area contributed by atoms with Crippen LogP contribution in [0.1, 0.15) is 53.5 Å². The van der Waals surface area contributed by atoms with Crippen molar-refractivity contribution in [3.8, 4) is 0 Å². The maximum atomic E-state index is 12.9. The molecule has 0 saturated heterocycles. The molecule has 0 N–H and O–H groups in total. The third-order valence-corrected chi connectivity index (χ3v) is 4.73. The van der Waals surface area contributed by atoms with Gasteiger partial charge in [-0.05, 0) is 51.8 Å². The number of thiazole rings is 1. The summed E-state index contributed by atoms with van der Waals surface area (Å²) < 4.78 is 5.55. The Bertz CT molecular complexity index is 681. The molecule has 1 aromatic heterocycles. The highest BCUT2D eigenvalue weighted by Crippen LogP contribution is 2.26. The van der Waals surface area contributed by atoms with Gasteiger partial charge in [0.2, 0.25) is 0 Å². The summed E-state index contributed by atoms with van der Waals surface area (Å²) in [5.74, 6) is -0.0626. The van der Waals surface area contributed by atoms with Gasteiger partial charge in [0.1, 0.15) is 16.8 Å². The molecule has 1 amide bonds. The number of amides is 1. The molecule has 0 unspecified atom stereocenters. The van der Waals surface area contributed by atoms with Gasteiger partial charge in [0, 0.05) is 24.2 Å². The van der Waals surface area contributed by atoms with Crippen molar-refractivity contribution in [3.05, 3.63) is 45.4 Å². The van der Waals surface area contributed by atoms with Crippen LogP contribution in [0.3, 0.4) is 0 Å². The van der Waals surface area contributed by atoms with Crippen molar-refractivity contribution < 1.29 is 9.53 Å². The molecule has 124 valence electrons. The fourth-order valence-electron chi connectivity index (χ4n) is 2.47. The van der Waals surface area contributed by atoms with Crippen molar-refractivity contribution in [2.24, 2.45) is 0 Å². The number of hydrogen-bond acceptors (Lipinski definition) is 4. The number of rotatable bonds is 6. The van der Waals surface area contributed by atoms with Crippen molar-refractivity contribution in [3.63, 3.8) is 0 Å². The zero-order valence-corrected chi connectivity index (χ0v) is 15.2. The highest BCUT2D eigenvalue weighted by atomic mass is 32.1. The van der Waals surface area contributed by atoms with Crippen LogP contribution in [0.2, 0.25) is 0 Å². The van der Waals surface area contributed by atoms with Gasteiger partial charge < -0.3 is 9.64 Å². The number of carbonyl (C=O) groups is 1. The first-order chi connectivity index (χ1) is 11.0. The van der Waals surface area contributed by atoms with Crippen molar-refractivity contribution in [2.75, 3.05) is 18.1 Å². The van der Waals surface area contributed by atoms with Crippen LogP contribution in [0.15, 0.2) is 23.6 Å². The van der Waals surface area contributed by atoms with E-state index in [-0.39, 0.29) is 12.0 Å². The minimum Gasteiger partial charge on any atom is -0.372 e. The molecular formula is C18H24N2O2S. The Hall–Kier alpha value is -1.72. The Balaban J connectivity index is 2.28. The molecule has 1 aromatic carbocycles. The second-order valence-corrected chi connectivity index (χ2v) is 6.40. The summed E-state index contributed by atoms with van der Waals surface area (Å²) in [5, 5.41) is 2.66. The number of hydrogen-bond donors (Lipinski definition) is 0. The monoisotopic (exact) mass is 332 g/mol. The minimum atomic E-state index is -0.0812. The average Bonchev–Trinajstić information content (AvgIpc) is 3.01. The van der Waals surface area contributed by atoms with Crippen LogP contribution in [-0.2, 0) is 4.74 Å². The Labute approximate surface area is 142 Å². The molecule has 4 nitrogen and oxygen atoms in total. The molecule has 0 bridgehead atoms. The van der Waals surface area contributed by atoms with Gasteiger partial charge in [-0.3, -0.25) is 4.79 Å². The molecule has 0 radical (unpaired) electrons. The van der Waals surface area contributed by atoms with Crippen LogP contribution < -0.4 is 4.90 Å². The zero-order valence-electron chi connectivity index (χ0n) is 14.4. The lowest BCUT2D eigenvalue weighted by Gasteiger charge is -2.22. The van der Waals surface area contributed by atoms with Crippen molar-refractivity contribution in [2.45, 2.75) is 40.7 Å². The number of ether oxygens (including phenoxy) is 1. The molecule has 0 fully saturated rings. The SMILES string of the molecule is CCO[C@H](C)c1nc(C(=O)N(CC)c2cc(C)ccc2C)cs1. The van der Waals surface area contributed by atoms with Gasteiger partial charge in [0.05, 0.1) is 0 Å². The van der Waals surface area contributed by atoms with Gasteiger partial charge >= 0.3 is 0 Å². The molecular weight excluding hydrogens is 308 g/mol. The van der Waals surface area contributed by atoms with Crippen molar-refractivity contribution >= 4 is 22.9 Å². The lowest BCUT2D eigenvalue weighted by Crippen LogP contribution is -2.31. The number of aromatic nitrogens is 1. The third kappa shape index (κ3) is 3.98. The van der Waals surface area contributed by atoms with Crippen LogP contribution in [0.5, 0.6) is 0 Å². The van der Waals surface area contributed by atoms with E-state index in [2.05, 4.69) is 11.1 Å². The first-order valence-corrected chi connectivity index (χ1v) is 8.82. The number of carbonyl (C=O) groups excluding carboxylic acids is 1. The van der Waals surface area contributed by atoms with E-state index in [1.54, 1.807) is 4.90 Å². The number of nitrogens with zero attached hydrogens (tertiary/aromatic N) is 2. The number of aryl methyl sites for hydroxylation is 2. The van der Waals surface area contributed by atoms with Crippen molar-refractivity contribution in [1.29, 1.82) is 0 Å². The molecule has 0 spiro atoms. The fourth-order valence-corrected chi connectivity index (χ4v) is 3.26. The van der Waals surface area contributed by atoms with E-state index in [1.165, 1.54) is 11.3 Å². The van der Waals surface area contributed by atoms with Gasteiger partial charge in [0.15, 0.2) is 0 Å². The van der Waals surface area contributed by atoms with Gasteiger partial charge in [-0.2, -0.15) is 0 Å². The first kappa shape index (κ1) is 17.6. The van der Waals surface area contributed by atoms with Crippen LogP contribution >= 0.6 is 11.3 Å². The smallest absolute Gasteiger partial charge is 0.277 e. The Morgan fingerprint density at radius 3 is 2.74 bits per heavy atom. The van der Waals surface area contributed by atoms with Crippen LogP contribution in [0.4, 0.5) is 5.69 Å². The molecule has 2 rings (SSSR count). The highest BCUT2D eigenvalue weighted by Gasteiger charge is 2.21. The minimum absolute atomic E-state index is 0.0626. The predicted molar refractivity (Wildman–Crippen MR) is 95.4 cm³/mol. The van der Waals surface area contributed by atoms with Gasteiger partial charge in [-0.25, -0.2) is 4.98 Å². The van der Waals surface area contributed by atoms with Gasteiger partial charge in [-0.1, -0.05) is 12.1 Å². The number of anilines is 1. The topological polar surface area (TPSA) is 42.4 Å². The normalized spacial score (nSPS) is 12.2. The second kappa shape index (κ2) is 7.70. The summed E-state index contributed by atoms with van der Waals surface area (Å²) in [6.07, 6.45) is -0.0812. The number of benzene rings is 1. The largest absolute Gasteiger partial charge is 0.372 e. The van der Waals surface area contributed by atoms with E-state index in [0.29, 0.717) is 18.8 Å². The standard InChI is InChI=1S/C18H24N2O2S/c1-6-20(16-10-12(3)8-9-13(16)4)18(21)15-11-23-17(19-15)14(5)22-7-2/h8-11,14H,6-7H2,1-5H3/t14-/m1/s1. The van der Waals surface area contributed by atoms with E-state index in [1.807, 2.05) is 52.1 Å². The average molecular weight is 332 g/mol. The molecule has 5 heteroatoms. The summed E-state index contributed by atoms with van der Waals surface area (Å²) in [4.78, 5) is 19.1. The summed E-state index contributed by atoms with van der Waals surface area (Å²) >= 11 is 1.47. The molecule has 23 heavy (non-hydrogen) atoms. The summed E-state index contributed by atoms with van der Waals surface area (Å²) in [6.45, 7) is 11.2. The van der Waals surface area contributed by atoms with Gasteiger partial charge in [-0.15, -0.1) is 11.3 Å². The molecule has 1 atom stereocenters. The summed E-state index contributed by atoms with van der Waals surface area (Å²) in [7, 11) is 0. The van der Waals surface area contributed by atoms with E-state index in [0.717, 1.165) is 21.8 Å². The summed E-state index contributed by atoms with van der Waals surface area (Å²) in [5.41, 5.74) is 3.66. The van der Waals surface area contributed by atoms with E-state index < -0.39 is 0 Å². The van der Waals surface area contributed by atoms with E-state index in [9.17, 15) is 4.79 Å².